The molecule has 1 N–H and O–H groups in total. The van der Waals surface area contributed by atoms with Crippen LogP contribution in [0.15, 0.2) is 27.6 Å². The lowest BCUT2D eigenvalue weighted by Crippen LogP contribution is -2.43. The lowest BCUT2D eigenvalue weighted by molar-refractivity contribution is 0.298. The molecule has 0 saturated carbocycles. The first kappa shape index (κ1) is 18.7. The van der Waals surface area contributed by atoms with E-state index in [2.05, 4.69) is 21.2 Å². The number of piperidine rings is 1. The van der Waals surface area contributed by atoms with Crippen LogP contribution in [0.5, 0.6) is 5.75 Å². The van der Waals surface area contributed by atoms with Gasteiger partial charge >= 0.3 is 0 Å². The zero-order chi connectivity index (χ0) is 14.8. The number of methoxy groups -OCH3 is 1. The van der Waals surface area contributed by atoms with Gasteiger partial charge in [-0.3, -0.25) is 0 Å². The van der Waals surface area contributed by atoms with E-state index in [-0.39, 0.29) is 12.4 Å². The molecular weight excluding hydrogens is 380 g/mol. The standard InChI is InChI=1S/C13H19BrN2O3S.ClH/c1-15-10-5-7-16(8-6-10)20(17,18)13-4-3-11(19-2)9-12(13)14;/h3-4,9-10,15H,5-8H2,1-2H3;1H. The van der Waals surface area contributed by atoms with Crippen LogP contribution in [0.1, 0.15) is 12.8 Å². The van der Waals surface area contributed by atoms with E-state index >= 15 is 0 Å². The molecule has 1 heterocycles. The van der Waals surface area contributed by atoms with Crippen molar-refractivity contribution in [2.24, 2.45) is 0 Å². The first-order chi connectivity index (χ1) is 9.48. The van der Waals surface area contributed by atoms with E-state index in [4.69, 9.17) is 4.74 Å². The average Bonchev–Trinajstić information content (AvgIpc) is 2.46. The van der Waals surface area contributed by atoms with Crippen LogP contribution >= 0.6 is 28.3 Å². The molecule has 0 radical (unpaired) electrons. The summed E-state index contributed by atoms with van der Waals surface area (Å²) >= 11 is 3.32. The van der Waals surface area contributed by atoms with Crippen LogP contribution in [0.4, 0.5) is 0 Å². The van der Waals surface area contributed by atoms with Gasteiger partial charge in [-0.2, -0.15) is 4.31 Å². The highest BCUT2D eigenvalue weighted by Crippen LogP contribution is 2.30. The van der Waals surface area contributed by atoms with Crippen molar-refractivity contribution in [3.63, 3.8) is 0 Å². The molecule has 0 bridgehead atoms. The Kier molecular flexibility index (Phi) is 6.93. The normalized spacial score (nSPS) is 17.3. The van der Waals surface area contributed by atoms with E-state index in [1.54, 1.807) is 29.6 Å². The van der Waals surface area contributed by atoms with Gasteiger partial charge in [-0.15, -0.1) is 12.4 Å². The zero-order valence-electron chi connectivity index (χ0n) is 12.0. The molecule has 0 unspecified atom stereocenters. The van der Waals surface area contributed by atoms with E-state index in [0.717, 1.165) is 12.8 Å². The summed E-state index contributed by atoms with van der Waals surface area (Å²) in [6.45, 7) is 1.10. The molecule has 0 aromatic heterocycles. The quantitative estimate of drug-likeness (QED) is 0.843. The number of nitrogens with one attached hydrogen (secondary N) is 1. The molecule has 8 heteroatoms. The topological polar surface area (TPSA) is 58.6 Å². The Morgan fingerprint density at radius 3 is 2.43 bits per heavy atom. The molecule has 1 aliphatic heterocycles. The Labute approximate surface area is 140 Å². The molecule has 0 amide bonds. The maximum atomic E-state index is 12.6. The maximum Gasteiger partial charge on any atom is 0.244 e. The predicted octanol–water partition coefficient (Wildman–Crippen LogP) is 2.25. The van der Waals surface area contributed by atoms with Crippen LogP contribution in [0.25, 0.3) is 0 Å². The summed E-state index contributed by atoms with van der Waals surface area (Å²) in [4.78, 5) is 0.293. The Hall–Kier alpha value is -0.340. The first-order valence-electron chi connectivity index (χ1n) is 6.50. The van der Waals surface area contributed by atoms with Gasteiger partial charge < -0.3 is 10.1 Å². The van der Waals surface area contributed by atoms with Crippen LogP contribution < -0.4 is 10.1 Å². The maximum absolute atomic E-state index is 12.6. The third-order valence-corrected chi connectivity index (χ3v) is 6.49. The molecule has 0 aliphatic carbocycles. The number of halogens is 2. The van der Waals surface area contributed by atoms with Crippen molar-refractivity contribution in [1.29, 1.82) is 0 Å². The van der Waals surface area contributed by atoms with Gasteiger partial charge in [-0.05, 0) is 54.0 Å². The average molecular weight is 400 g/mol. The molecule has 1 saturated heterocycles. The number of hydrogen-bond donors (Lipinski definition) is 1. The molecule has 5 nitrogen and oxygen atoms in total. The van der Waals surface area contributed by atoms with Gasteiger partial charge in [0.05, 0.1) is 12.0 Å². The number of hydrogen-bond acceptors (Lipinski definition) is 4. The van der Waals surface area contributed by atoms with Gasteiger partial charge in [0.2, 0.25) is 10.0 Å². The van der Waals surface area contributed by atoms with Crippen molar-refractivity contribution in [2.75, 3.05) is 27.2 Å². The highest BCUT2D eigenvalue weighted by atomic mass is 79.9. The van der Waals surface area contributed by atoms with Crippen molar-refractivity contribution in [1.82, 2.24) is 9.62 Å². The second-order valence-electron chi connectivity index (χ2n) is 4.76. The molecule has 1 fully saturated rings. The molecule has 1 aromatic rings. The number of ether oxygens (including phenoxy) is 1. The van der Waals surface area contributed by atoms with Gasteiger partial charge in [0.15, 0.2) is 0 Å². The van der Waals surface area contributed by atoms with Crippen molar-refractivity contribution >= 4 is 38.4 Å². The van der Waals surface area contributed by atoms with Crippen LogP contribution in [0.3, 0.4) is 0 Å². The highest BCUT2D eigenvalue weighted by molar-refractivity contribution is 9.10. The van der Waals surface area contributed by atoms with E-state index in [1.807, 2.05) is 7.05 Å². The third kappa shape index (κ3) is 4.10. The largest absolute Gasteiger partial charge is 0.497 e. The smallest absolute Gasteiger partial charge is 0.244 e. The second-order valence-corrected chi connectivity index (χ2v) is 7.52. The third-order valence-electron chi connectivity index (χ3n) is 3.62. The molecule has 120 valence electrons. The molecule has 1 aliphatic rings. The molecule has 0 spiro atoms. The Morgan fingerprint density at radius 2 is 1.95 bits per heavy atom. The summed E-state index contributed by atoms with van der Waals surface area (Å²) in [5.74, 6) is 0.629. The molecule has 21 heavy (non-hydrogen) atoms. The molecule has 1 aromatic carbocycles. The second kappa shape index (κ2) is 7.78. The summed E-state index contributed by atoms with van der Waals surface area (Å²) in [6, 6.07) is 5.33. The Bertz CT molecular complexity index is 575. The lowest BCUT2D eigenvalue weighted by atomic mass is 10.1. The zero-order valence-corrected chi connectivity index (χ0v) is 15.2. The number of rotatable bonds is 4. The van der Waals surface area contributed by atoms with Crippen LogP contribution in [-0.4, -0.2) is 46.0 Å². The highest BCUT2D eigenvalue weighted by Gasteiger charge is 2.30. The van der Waals surface area contributed by atoms with E-state index in [0.29, 0.717) is 34.2 Å². The molecular formula is C13H20BrClN2O3S. The van der Waals surface area contributed by atoms with E-state index in [1.165, 1.54) is 0 Å². The SMILES string of the molecule is CNC1CCN(S(=O)(=O)c2ccc(OC)cc2Br)CC1.Cl. The van der Waals surface area contributed by atoms with Crippen molar-refractivity contribution in [2.45, 2.75) is 23.8 Å². The van der Waals surface area contributed by atoms with Crippen LogP contribution in [-0.2, 0) is 10.0 Å². The van der Waals surface area contributed by atoms with Gasteiger partial charge in [0, 0.05) is 23.6 Å². The summed E-state index contributed by atoms with van der Waals surface area (Å²) < 4.78 is 32.4. The predicted molar refractivity (Wildman–Crippen MR) is 88.8 cm³/mol. The summed E-state index contributed by atoms with van der Waals surface area (Å²) in [6.07, 6.45) is 1.67. The number of benzene rings is 1. The Balaban J connectivity index is 0.00000220. The monoisotopic (exact) mass is 398 g/mol. The van der Waals surface area contributed by atoms with Crippen molar-refractivity contribution < 1.29 is 13.2 Å². The summed E-state index contributed by atoms with van der Waals surface area (Å²) in [5, 5.41) is 3.19. The minimum atomic E-state index is -3.45. The Morgan fingerprint density at radius 1 is 1.33 bits per heavy atom. The van der Waals surface area contributed by atoms with Gasteiger partial charge in [0.25, 0.3) is 0 Å². The fraction of sp³-hybridized carbons (Fsp3) is 0.538. The minimum Gasteiger partial charge on any atom is -0.497 e. The molecule has 0 atom stereocenters. The number of sulfonamides is 1. The minimum absolute atomic E-state index is 0. The van der Waals surface area contributed by atoms with Gasteiger partial charge in [-0.1, -0.05) is 0 Å². The summed E-state index contributed by atoms with van der Waals surface area (Å²) in [5.41, 5.74) is 0. The van der Waals surface area contributed by atoms with Crippen LogP contribution in [0, 0.1) is 0 Å². The first-order valence-corrected chi connectivity index (χ1v) is 8.73. The summed E-state index contributed by atoms with van der Waals surface area (Å²) in [7, 11) is 0.0194. The number of nitrogens with zero attached hydrogens (tertiary/aromatic N) is 1. The van der Waals surface area contributed by atoms with E-state index < -0.39 is 10.0 Å². The van der Waals surface area contributed by atoms with E-state index in [9.17, 15) is 8.42 Å². The lowest BCUT2D eigenvalue weighted by Gasteiger charge is -2.31. The fourth-order valence-corrected chi connectivity index (χ4v) is 4.83. The van der Waals surface area contributed by atoms with Crippen molar-refractivity contribution in [3.8, 4) is 5.75 Å². The van der Waals surface area contributed by atoms with Gasteiger partial charge in [0.1, 0.15) is 5.75 Å². The van der Waals surface area contributed by atoms with Crippen LogP contribution in [0.2, 0.25) is 0 Å². The van der Waals surface area contributed by atoms with Crippen molar-refractivity contribution in [3.05, 3.63) is 22.7 Å². The van der Waals surface area contributed by atoms with Gasteiger partial charge in [-0.25, -0.2) is 8.42 Å². The fourth-order valence-electron chi connectivity index (χ4n) is 2.34. The molecule has 2 rings (SSSR count).